The Balaban J connectivity index is 1.82. The summed E-state index contributed by atoms with van der Waals surface area (Å²) in [7, 11) is 0. The van der Waals surface area contributed by atoms with Crippen LogP contribution in [0.3, 0.4) is 0 Å². The van der Waals surface area contributed by atoms with Crippen molar-refractivity contribution in [2.24, 2.45) is 5.16 Å². The van der Waals surface area contributed by atoms with Gasteiger partial charge < -0.3 is 4.84 Å². The molecule has 0 spiro atoms. The molecule has 0 bridgehead atoms. The van der Waals surface area contributed by atoms with E-state index in [0.717, 1.165) is 29.2 Å². The normalized spacial score (nSPS) is 18.5. The van der Waals surface area contributed by atoms with E-state index in [4.69, 9.17) is 0 Å². The lowest BCUT2D eigenvalue weighted by molar-refractivity contribution is -0.384. The molecule has 1 aliphatic heterocycles. The van der Waals surface area contributed by atoms with Gasteiger partial charge in [0, 0.05) is 23.6 Å². The van der Waals surface area contributed by atoms with Crippen molar-refractivity contribution in [3.63, 3.8) is 0 Å². The van der Waals surface area contributed by atoms with Gasteiger partial charge in [-0.05, 0) is 34.7 Å². The third-order valence-corrected chi connectivity index (χ3v) is 5.34. The molecular weight excluding hydrogens is 531 g/mol. The van der Waals surface area contributed by atoms with Gasteiger partial charge in [-0.15, -0.1) is 5.10 Å². The van der Waals surface area contributed by atoms with Crippen LogP contribution in [-0.4, -0.2) is 37.0 Å². The predicted octanol–water partition coefficient (Wildman–Crippen LogP) is 5.19. The Morgan fingerprint density at radius 1 is 0.946 bits per heavy atom. The molecule has 2 heterocycles. The summed E-state index contributed by atoms with van der Waals surface area (Å²) >= 11 is 0. The zero-order valence-corrected chi connectivity index (χ0v) is 17.6. The summed E-state index contributed by atoms with van der Waals surface area (Å²) < 4.78 is 123. The van der Waals surface area contributed by atoms with Crippen molar-refractivity contribution < 1.29 is 49.3 Å². The van der Waals surface area contributed by atoms with Crippen molar-refractivity contribution >= 4 is 11.4 Å². The van der Waals surface area contributed by atoms with Crippen molar-refractivity contribution in [3.05, 3.63) is 75.1 Å². The molecule has 0 saturated carbocycles. The highest BCUT2D eigenvalue weighted by Gasteiger charge is 2.63. The summed E-state index contributed by atoms with van der Waals surface area (Å²) in [6.07, 6.45) is -16.8. The number of nitrogens with zero attached hydrogens (tertiary/aromatic N) is 6. The van der Waals surface area contributed by atoms with Crippen LogP contribution in [0.2, 0.25) is 0 Å². The minimum absolute atomic E-state index is 0.107. The molecule has 37 heavy (non-hydrogen) atoms. The standard InChI is InChI=1S/C19H9F9N6O3/c20-17(21,22)11-4-10(5-12(6-11)18(23,24)25)16(19(26,27)28)7-13(30-37-16)9-1-2-14(15(3-9)34(35)36)33-8-29-31-32-33/h1-6,8H,7H2. The fraction of sp³-hybridized carbons (Fsp3) is 0.263. The monoisotopic (exact) mass is 540 g/mol. The Morgan fingerprint density at radius 3 is 2.05 bits per heavy atom. The van der Waals surface area contributed by atoms with Gasteiger partial charge in [-0.2, -0.15) is 44.2 Å². The number of nitro groups is 1. The lowest BCUT2D eigenvalue weighted by Gasteiger charge is -2.30. The van der Waals surface area contributed by atoms with Crippen molar-refractivity contribution in [1.29, 1.82) is 0 Å². The molecule has 3 aromatic rings. The van der Waals surface area contributed by atoms with Crippen molar-refractivity contribution in [3.8, 4) is 5.69 Å². The molecule has 9 nitrogen and oxygen atoms in total. The van der Waals surface area contributed by atoms with Crippen LogP contribution in [0.25, 0.3) is 5.69 Å². The van der Waals surface area contributed by atoms with Crippen LogP contribution in [0.1, 0.15) is 28.7 Å². The second-order valence-corrected chi connectivity index (χ2v) is 7.64. The fourth-order valence-electron chi connectivity index (χ4n) is 3.56. The first-order chi connectivity index (χ1) is 17.0. The van der Waals surface area contributed by atoms with E-state index in [2.05, 4.69) is 25.5 Å². The number of benzene rings is 2. The van der Waals surface area contributed by atoms with Crippen LogP contribution in [-0.2, 0) is 22.8 Å². The lowest BCUT2D eigenvalue weighted by Crippen LogP contribution is -2.43. The summed E-state index contributed by atoms with van der Waals surface area (Å²) in [6, 6.07) is 2.39. The molecule has 0 saturated heterocycles. The van der Waals surface area contributed by atoms with Gasteiger partial charge in [0.2, 0.25) is 0 Å². The molecule has 0 N–H and O–H groups in total. The Kier molecular flexibility index (Phi) is 5.87. The number of hydrogen-bond acceptors (Lipinski definition) is 7. The minimum Gasteiger partial charge on any atom is -0.374 e. The zero-order chi connectivity index (χ0) is 27.4. The van der Waals surface area contributed by atoms with Crippen LogP contribution in [0, 0.1) is 10.1 Å². The first-order valence-electron chi connectivity index (χ1n) is 9.67. The average molecular weight is 540 g/mol. The maximum Gasteiger partial charge on any atom is 0.435 e. The Hall–Kier alpha value is -4.25. The number of alkyl halides is 9. The van der Waals surface area contributed by atoms with E-state index in [1.807, 2.05) is 0 Å². The first kappa shape index (κ1) is 25.8. The van der Waals surface area contributed by atoms with E-state index < -0.39 is 63.6 Å². The fourth-order valence-corrected chi connectivity index (χ4v) is 3.56. The van der Waals surface area contributed by atoms with Gasteiger partial charge in [-0.1, -0.05) is 11.2 Å². The quantitative estimate of drug-likeness (QED) is 0.256. The number of tetrazole rings is 1. The molecule has 0 radical (unpaired) electrons. The topological polar surface area (TPSA) is 108 Å². The SMILES string of the molecule is O=[N+]([O-])c1cc(C2=NOC(c3cc(C(F)(F)F)cc(C(F)(F)F)c3)(C(F)(F)F)C2)ccc1-n1cnnn1. The van der Waals surface area contributed by atoms with E-state index in [1.165, 1.54) is 0 Å². The number of aromatic nitrogens is 4. The van der Waals surface area contributed by atoms with E-state index in [-0.39, 0.29) is 29.4 Å². The van der Waals surface area contributed by atoms with E-state index in [1.54, 1.807) is 0 Å². The molecule has 0 aliphatic carbocycles. The molecule has 1 aromatic heterocycles. The van der Waals surface area contributed by atoms with Gasteiger partial charge in [-0.3, -0.25) is 10.1 Å². The smallest absolute Gasteiger partial charge is 0.374 e. The van der Waals surface area contributed by atoms with Gasteiger partial charge in [0.15, 0.2) is 0 Å². The molecule has 1 unspecified atom stereocenters. The summed E-state index contributed by atoms with van der Waals surface area (Å²) in [4.78, 5) is 15.1. The lowest BCUT2D eigenvalue weighted by atomic mass is 9.84. The van der Waals surface area contributed by atoms with Crippen LogP contribution >= 0.6 is 0 Å². The van der Waals surface area contributed by atoms with Crippen molar-refractivity contribution in [2.75, 3.05) is 0 Å². The summed E-state index contributed by atoms with van der Waals surface area (Å²) in [6.45, 7) is 0. The van der Waals surface area contributed by atoms with Crippen molar-refractivity contribution in [1.82, 2.24) is 20.2 Å². The number of hydrogen-bond donors (Lipinski definition) is 0. The van der Waals surface area contributed by atoms with Crippen LogP contribution in [0.4, 0.5) is 45.2 Å². The third kappa shape index (κ3) is 4.65. The highest BCUT2D eigenvalue weighted by Crippen LogP contribution is 2.51. The highest BCUT2D eigenvalue weighted by molar-refractivity contribution is 6.02. The second-order valence-electron chi connectivity index (χ2n) is 7.64. The van der Waals surface area contributed by atoms with Crippen LogP contribution in [0.5, 0.6) is 0 Å². The molecule has 0 amide bonds. The number of halogens is 9. The molecule has 18 heteroatoms. The minimum atomic E-state index is -5.55. The van der Waals surface area contributed by atoms with Crippen LogP contribution < -0.4 is 0 Å². The Labute approximate surface area is 198 Å². The maximum absolute atomic E-state index is 14.2. The van der Waals surface area contributed by atoms with Gasteiger partial charge >= 0.3 is 18.5 Å². The zero-order valence-electron chi connectivity index (χ0n) is 17.6. The Morgan fingerprint density at radius 2 is 1.57 bits per heavy atom. The maximum atomic E-state index is 14.2. The second kappa shape index (κ2) is 8.41. The summed E-state index contributed by atoms with van der Waals surface area (Å²) in [5, 5.41) is 24.8. The largest absolute Gasteiger partial charge is 0.435 e. The molecule has 4 rings (SSSR count). The van der Waals surface area contributed by atoms with Gasteiger partial charge in [0.1, 0.15) is 12.0 Å². The highest BCUT2D eigenvalue weighted by atomic mass is 19.4. The summed E-state index contributed by atoms with van der Waals surface area (Å²) in [5.41, 5.74) is -11.0. The Bertz CT molecular complexity index is 1350. The molecule has 196 valence electrons. The first-order valence-corrected chi connectivity index (χ1v) is 9.67. The van der Waals surface area contributed by atoms with E-state index >= 15 is 0 Å². The molecule has 1 atom stereocenters. The summed E-state index contributed by atoms with van der Waals surface area (Å²) in [5.74, 6) is 0. The molecular formula is C19H9F9N6O3. The van der Waals surface area contributed by atoms with Crippen molar-refractivity contribution in [2.45, 2.75) is 30.6 Å². The van der Waals surface area contributed by atoms with Crippen LogP contribution in [0.15, 0.2) is 47.9 Å². The number of oxime groups is 1. The number of rotatable bonds is 4. The molecule has 0 fully saturated rings. The average Bonchev–Trinajstić information content (AvgIpc) is 3.48. The van der Waals surface area contributed by atoms with Gasteiger partial charge in [-0.25, -0.2) is 0 Å². The predicted molar refractivity (Wildman–Crippen MR) is 102 cm³/mol. The molecule has 1 aliphatic rings. The number of nitro benzene ring substituents is 1. The van der Waals surface area contributed by atoms with Gasteiger partial charge in [0.25, 0.3) is 11.3 Å². The third-order valence-electron chi connectivity index (χ3n) is 5.34. The van der Waals surface area contributed by atoms with Gasteiger partial charge in [0.05, 0.1) is 21.8 Å². The van der Waals surface area contributed by atoms with E-state index in [0.29, 0.717) is 0 Å². The van der Waals surface area contributed by atoms with E-state index in [9.17, 15) is 49.6 Å². The molecule has 2 aromatic carbocycles.